The number of nitrogens with one attached hydrogen (secondary N) is 1. The number of para-hydroxylation sites is 1. The molecule has 32 heavy (non-hydrogen) atoms. The van der Waals surface area contributed by atoms with E-state index in [1.807, 2.05) is 42.5 Å². The third-order valence-electron chi connectivity index (χ3n) is 6.42. The fourth-order valence-electron chi connectivity index (χ4n) is 4.61. The van der Waals surface area contributed by atoms with Crippen molar-refractivity contribution in [3.05, 3.63) is 66.0 Å². The van der Waals surface area contributed by atoms with Crippen LogP contribution >= 0.6 is 0 Å². The molecule has 0 unspecified atom stereocenters. The van der Waals surface area contributed by atoms with Crippen molar-refractivity contribution in [2.45, 2.75) is 18.3 Å². The van der Waals surface area contributed by atoms with Crippen molar-refractivity contribution in [2.24, 2.45) is 7.05 Å². The predicted octanol–water partition coefficient (Wildman–Crippen LogP) is 3.35. The normalized spacial score (nSPS) is 16.6. The summed E-state index contributed by atoms with van der Waals surface area (Å²) in [5, 5.41) is 7.11. The number of carbonyl (C=O) groups excluding carboxylic acids is 2. The molecule has 3 aromatic rings. The molecule has 1 saturated heterocycles. The van der Waals surface area contributed by atoms with Crippen LogP contribution in [0, 0.1) is 0 Å². The van der Waals surface area contributed by atoms with Crippen LogP contribution in [0.15, 0.2) is 54.7 Å². The van der Waals surface area contributed by atoms with Crippen LogP contribution < -0.4 is 14.8 Å². The summed E-state index contributed by atoms with van der Waals surface area (Å²) in [6, 6.07) is 14.9. The van der Waals surface area contributed by atoms with Gasteiger partial charge in [-0.15, -0.1) is 0 Å². The van der Waals surface area contributed by atoms with E-state index >= 15 is 0 Å². The number of hydrogen-bond donors (Lipinski definition) is 1. The first-order valence-electron chi connectivity index (χ1n) is 10.6. The van der Waals surface area contributed by atoms with Crippen molar-refractivity contribution < 1.29 is 19.1 Å². The number of hydrogen-bond acceptors (Lipinski definition) is 5. The molecule has 0 aliphatic carbocycles. The van der Waals surface area contributed by atoms with E-state index in [0.29, 0.717) is 48.9 Å². The van der Waals surface area contributed by atoms with Crippen molar-refractivity contribution in [1.82, 2.24) is 14.7 Å². The average molecular weight is 432 g/mol. The van der Waals surface area contributed by atoms with Crippen LogP contribution in [0.4, 0.5) is 5.69 Å². The number of aromatic nitrogens is 2. The van der Waals surface area contributed by atoms with E-state index in [2.05, 4.69) is 10.4 Å². The zero-order valence-electron chi connectivity index (χ0n) is 18.0. The maximum Gasteiger partial charge on any atom is 0.272 e. The molecule has 5 rings (SSSR count). The number of benzene rings is 2. The average Bonchev–Trinajstić information content (AvgIpc) is 3.35. The van der Waals surface area contributed by atoms with E-state index in [1.54, 1.807) is 36.0 Å². The molecule has 2 aliphatic rings. The van der Waals surface area contributed by atoms with E-state index in [-0.39, 0.29) is 11.8 Å². The summed E-state index contributed by atoms with van der Waals surface area (Å²) in [5.41, 5.74) is 1.49. The topological polar surface area (TPSA) is 85.7 Å². The van der Waals surface area contributed by atoms with Gasteiger partial charge < -0.3 is 19.7 Å². The minimum atomic E-state index is -0.683. The number of ether oxygens (including phenoxy) is 2. The lowest BCUT2D eigenvalue weighted by Gasteiger charge is -2.38. The first-order valence-corrected chi connectivity index (χ1v) is 10.6. The Morgan fingerprint density at radius 2 is 1.84 bits per heavy atom. The Hall–Kier alpha value is -3.81. The molecular weight excluding hydrogens is 408 g/mol. The maximum atomic E-state index is 13.1. The molecule has 164 valence electrons. The van der Waals surface area contributed by atoms with Gasteiger partial charge in [0.2, 0.25) is 5.91 Å². The number of piperidine rings is 1. The van der Waals surface area contributed by atoms with Crippen molar-refractivity contribution in [1.29, 1.82) is 0 Å². The van der Waals surface area contributed by atoms with Gasteiger partial charge in [-0.3, -0.25) is 14.3 Å². The molecule has 2 aliphatic heterocycles. The lowest BCUT2D eigenvalue weighted by molar-refractivity contribution is -0.122. The minimum Gasteiger partial charge on any atom is -0.493 e. The lowest BCUT2D eigenvalue weighted by Crippen LogP contribution is -2.48. The van der Waals surface area contributed by atoms with Crippen LogP contribution in [0.2, 0.25) is 0 Å². The van der Waals surface area contributed by atoms with E-state index in [0.717, 1.165) is 11.3 Å². The second kappa shape index (κ2) is 7.71. The zero-order chi connectivity index (χ0) is 22.3. The standard InChI is InChI=1S/C24H24N4O4/c1-27-19(8-11-25-27)22(29)28-12-9-24(10-13-28)17-14-20(31-2)21(15-18(17)26-23(24)30)32-16-6-4-3-5-7-16/h3-8,11,14-15H,9-10,12-13H2,1-2H3,(H,26,30). The number of amides is 2. The number of methoxy groups -OCH3 is 1. The summed E-state index contributed by atoms with van der Waals surface area (Å²) in [4.78, 5) is 27.8. The Labute approximate surface area is 185 Å². The van der Waals surface area contributed by atoms with Crippen LogP contribution in [0.3, 0.4) is 0 Å². The smallest absolute Gasteiger partial charge is 0.272 e. The fourth-order valence-corrected chi connectivity index (χ4v) is 4.61. The molecule has 8 nitrogen and oxygen atoms in total. The lowest BCUT2D eigenvalue weighted by atomic mass is 9.73. The number of carbonyl (C=O) groups is 2. The summed E-state index contributed by atoms with van der Waals surface area (Å²) >= 11 is 0. The van der Waals surface area contributed by atoms with Crippen LogP contribution in [0.1, 0.15) is 28.9 Å². The van der Waals surface area contributed by atoms with Crippen molar-refractivity contribution in [3.63, 3.8) is 0 Å². The van der Waals surface area contributed by atoms with E-state index < -0.39 is 5.41 Å². The van der Waals surface area contributed by atoms with Gasteiger partial charge in [-0.05, 0) is 42.7 Å². The minimum absolute atomic E-state index is 0.0425. The molecule has 2 amide bonds. The number of aryl methyl sites for hydroxylation is 1. The summed E-state index contributed by atoms with van der Waals surface area (Å²) in [6.07, 6.45) is 2.69. The molecule has 1 aromatic heterocycles. The number of fused-ring (bicyclic) bond motifs is 2. The zero-order valence-corrected chi connectivity index (χ0v) is 18.0. The third-order valence-corrected chi connectivity index (χ3v) is 6.42. The van der Waals surface area contributed by atoms with E-state index in [9.17, 15) is 9.59 Å². The first kappa shape index (κ1) is 20.1. The molecule has 8 heteroatoms. The Bertz CT molecular complexity index is 1180. The highest BCUT2D eigenvalue weighted by molar-refractivity contribution is 6.07. The summed E-state index contributed by atoms with van der Waals surface area (Å²) in [5.74, 6) is 1.68. The Kier molecular flexibility index (Phi) is 4.84. The van der Waals surface area contributed by atoms with Crippen LogP contribution in [-0.2, 0) is 17.3 Å². The molecule has 0 atom stereocenters. The van der Waals surface area contributed by atoms with Crippen LogP contribution in [0.5, 0.6) is 17.2 Å². The summed E-state index contributed by atoms with van der Waals surface area (Å²) in [6.45, 7) is 0.975. The molecule has 2 aromatic carbocycles. The van der Waals surface area contributed by atoms with Gasteiger partial charge in [0.05, 0.1) is 12.5 Å². The second-order valence-corrected chi connectivity index (χ2v) is 8.13. The SMILES string of the molecule is COc1cc2c(cc1Oc1ccccc1)NC(=O)C21CCN(C(=O)c2ccnn2C)CC1. The van der Waals surface area contributed by atoms with Crippen molar-refractivity contribution >= 4 is 17.5 Å². The number of rotatable bonds is 4. The quantitative estimate of drug-likeness (QED) is 0.683. The fraction of sp³-hybridized carbons (Fsp3) is 0.292. The molecule has 0 saturated carbocycles. The summed E-state index contributed by atoms with van der Waals surface area (Å²) < 4.78 is 13.2. The molecular formula is C24H24N4O4. The first-order chi connectivity index (χ1) is 15.5. The van der Waals surface area contributed by atoms with Gasteiger partial charge in [0.1, 0.15) is 11.4 Å². The van der Waals surface area contributed by atoms with Gasteiger partial charge in [-0.25, -0.2) is 0 Å². The molecule has 0 radical (unpaired) electrons. The molecule has 1 N–H and O–H groups in total. The number of likely N-dealkylation sites (tertiary alicyclic amines) is 1. The molecule has 0 bridgehead atoms. The monoisotopic (exact) mass is 432 g/mol. The third kappa shape index (κ3) is 3.19. The van der Waals surface area contributed by atoms with Crippen molar-refractivity contribution in [3.8, 4) is 17.2 Å². The Morgan fingerprint density at radius 3 is 2.50 bits per heavy atom. The van der Waals surface area contributed by atoms with Gasteiger partial charge in [0.25, 0.3) is 5.91 Å². The van der Waals surface area contributed by atoms with Crippen LogP contribution in [-0.4, -0.2) is 46.7 Å². The maximum absolute atomic E-state index is 13.1. The van der Waals surface area contributed by atoms with Gasteiger partial charge in [0.15, 0.2) is 11.5 Å². The highest BCUT2D eigenvalue weighted by Gasteiger charge is 2.49. The van der Waals surface area contributed by atoms with Crippen LogP contribution in [0.25, 0.3) is 0 Å². The molecule has 3 heterocycles. The Balaban J connectivity index is 1.41. The highest BCUT2D eigenvalue weighted by atomic mass is 16.5. The predicted molar refractivity (Wildman–Crippen MR) is 118 cm³/mol. The number of anilines is 1. The summed E-state index contributed by atoms with van der Waals surface area (Å²) in [7, 11) is 3.34. The number of nitrogens with zero attached hydrogens (tertiary/aromatic N) is 3. The largest absolute Gasteiger partial charge is 0.493 e. The highest BCUT2D eigenvalue weighted by Crippen LogP contribution is 2.49. The van der Waals surface area contributed by atoms with E-state index in [4.69, 9.17) is 9.47 Å². The Morgan fingerprint density at radius 1 is 1.09 bits per heavy atom. The van der Waals surface area contributed by atoms with Gasteiger partial charge in [-0.2, -0.15) is 5.10 Å². The van der Waals surface area contributed by atoms with E-state index in [1.165, 1.54) is 0 Å². The van der Waals surface area contributed by atoms with Gasteiger partial charge >= 0.3 is 0 Å². The van der Waals surface area contributed by atoms with Gasteiger partial charge in [0, 0.05) is 38.1 Å². The second-order valence-electron chi connectivity index (χ2n) is 8.13. The van der Waals surface area contributed by atoms with Crippen molar-refractivity contribution in [2.75, 3.05) is 25.5 Å². The van der Waals surface area contributed by atoms with Gasteiger partial charge in [-0.1, -0.05) is 18.2 Å². The molecule has 1 spiro atoms. The molecule has 1 fully saturated rings.